The van der Waals surface area contributed by atoms with Crippen LogP contribution in [0.25, 0.3) is 0 Å². The van der Waals surface area contributed by atoms with Crippen LogP contribution in [0.2, 0.25) is 0 Å². The summed E-state index contributed by atoms with van der Waals surface area (Å²) in [5.41, 5.74) is -0.294. The molecule has 1 saturated heterocycles. The Bertz CT molecular complexity index is 128. The number of aldehydes is 1. The van der Waals surface area contributed by atoms with Gasteiger partial charge in [0.15, 0.2) is 0 Å². The molecule has 0 aromatic heterocycles. The minimum atomic E-state index is -0.294. The molecule has 11 heavy (non-hydrogen) atoms. The first kappa shape index (κ1) is 9.01. The van der Waals surface area contributed by atoms with Crippen molar-refractivity contribution < 1.29 is 9.53 Å². The molecule has 0 spiro atoms. The first-order valence-corrected chi connectivity index (χ1v) is 4.46. The number of carbonyl (C=O) groups is 1. The number of halogens is 1. The summed E-state index contributed by atoms with van der Waals surface area (Å²) in [7, 11) is 0. The van der Waals surface area contributed by atoms with Crippen molar-refractivity contribution in [1.29, 1.82) is 0 Å². The van der Waals surface area contributed by atoms with Crippen LogP contribution in [0.4, 0.5) is 0 Å². The molecule has 1 atom stereocenters. The molecule has 0 aromatic rings. The molecule has 0 N–H and O–H groups in total. The van der Waals surface area contributed by atoms with E-state index < -0.39 is 0 Å². The van der Waals surface area contributed by atoms with Gasteiger partial charge in [-0.2, -0.15) is 0 Å². The minimum Gasteiger partial charge on any atom is -0.381 e. The van der Waals surface area contributed by atoms with Gasteiger partial charge in [-0.15, -0.1) is 11.6 Å². The van der Waals surface area contributed by atoms with Gasteiger partial charge in [-0.25, -0.2) is 0 Å². The maximum Gasteiger partial charge on any atom is 0.127 e. The second kappa shape index (κ2) is 4.07. The second-order valence-electron chi connectivity index (χ2n) is 3.08. The fraction of sp³-hybridized carbons (Fsp3) is 0.875. The number of ether oxygens (including phenoxy) is 1. The van der Waals surface area contributed by atoms with E-state index in [0.29, 0.717) is 12.5 Å². The monoisotopic (exact) mass is 176 g/mol. The number of carbonyl (C=O) groups excluding carboxylic acids is 1. The Kier molecular flexibility index (Phi) is 3.34. The Morgan fingerprint density at radius 2 is 2.27 bits per heavy atom. The van der Waals surface area contributed by atoms with Gasteiger partial charge in [-0.3, -0.25) is 0 Å². The zero-order valence-electron chi connectivity index (χ0n) is 6.51. The fourth-order valence-electron chi connectivity index (χ4n) is 1.31. The summed E-state index contributed by atoms with van der Waals surface area (Å²) in [6.45, 7) is 1.44. The molecule has 1 heterocycles. The molecule has 1 rings (SSSR count). The molecule has 1 unspecified atom stereocenters. The lowest BCUT2D eigenvalue weighted by Gasteiger charge is -2.21. The van der Waals surface area contributed by atoms with Crippen LogP contribution in [0.5, 0.6) is 0 Å². The average Bonchev–Trinajstić information content (AvgIpc) is 2.30. The predicted octanol–water partition coefficient (Wildman–Crippen LogP) is 1.61. The zero-order chi connectivity index (χ0) is 8.16. The molecule has 2 nitrogen and oxygen atoms in total. The van der Waals surface area contributed by atoms with E-state index in [2.05, 4.69) is 0 Å². The Balaban J connectivity index is 2.55. The summed E-state index contributed by atoms with van der Waals surface area (Å²) in [4.78, 5) is 10.7. The summed E-state index contributed by atoms with van der Waals surface area (Å²) < 4.78 is 5.24. The van der Waals surface area contributed by atoms with Crippen LogP contribution in [0.3, 0.4) is 0 Å². The molecule has 0 saturated carbocycles. The largest absolute Gasteiger partial charge is 0.381 e. The van der Waals surface area contributed by atoms with Crippen LogP contribution >= 0.6 is 11.6 Å². The molecule has 64 valence electrons. The van der Waals surface area contributed by atoms with Crippen LogP contribution in [0, 0.1) is 5.41 Å². The van der Waals surface area contributed by atoms with Crippen LogP contribution in [0.1, 0.15) is 19.3 Å². The number of hydrogen-bond donors (Lipinski definition) is 0. The fourth-order valence-corrected chi connectivity index (χ4v) is 1.64. The van der Waals surface area contributed by atoms with Gasteiger partial charge in [0.05, 0.1) is 0 Å². The van der Waals surface area contributed by atoms with Crippen LogP contribution in [-0.4, -0.2) is 25.4 Å². The van der Waals surface area contributed by atoms with E-state index in [-0.39, 0.29) is 5.41 Å². The maximum absolute atomic E-state index is 10.7. The third-order valence-electron chi connectivity index (χ3n) is 2.22. The molecule has 1 fully saturated rings. The Morgan fingerprint density at radius 3 is 2.91 bits per heavy atom. The van der Waals surface area contributed by atoms with Gasteiger partial charge in [-0.05, 0) is 19.3 Å². The molecule has 0 aliphatic carbocycles. The van der Waals surface area contributed by atoms with Crippen molar-refractivity contribution in [2.45, 2.75) is 19.3 Å². The van der Waals surface area contributed by atoms with E-state index >= 15 is 0 Å². The highest BCUT2D eigenvalue weighted by molar-refractivity contribution is 6.19. The van der Waals surface area contributed by atoms with Gasteiger partial charge >= 0.3 is 0 Å². The van der Waals surface area contributed by atoms with Gasteiger partial charge < -0.3 is 9.53 Å². The lowest BCUT2D eigenvalue weighted by Crippen LogP contribution is -2.24. The summed E-state index contributed by atoms with van der Waals surface area (Å²) in [5.74, 6) is 0.430. The van der Waals surface area contributed by atoms with Gasteiger partial charge in [-0.1, -0.05) is 0 Å². The first-order valence-electron chi connectivity index (χ1n) is 3.93. The lowest BCUT2D eigenvalue weighted by molar-refractivity contribution is -0.115. The summed E-state index contributed by atoms with van der Waals surface area (Å²) in [5, 5.41) is 0. The van der Waals surface area contributed by atoms with Crippen LogP contribution in [0.15, 0.2) is 0 Å². The maximum atomic E-state index is 10.7. The number of rotatable bonds is 2. The van der Waals surface area contributed by atoms with Crippen LogP contribution in [-0.2, 0) is 9.53 Å². The minimum absolute atomic E-state index is 0.294. The molecule has 3 heteroatoms. The Morgan fingerprint density at radius 1 is 1.45 bits per heavy atom. The molecule has 0 bridgehead atoms. The first-order chi connectivity index (χ1) is 5.33. The van der Waals surface area contributed by atoms with Gasteiger partial charge in [0, 0.05) is 24.5 Å². The van der Waals surface area contributed by atoms with E-state index in [1.165, 1.54) is 0 Å². The average molecular weight is 177 g/mol. The SMILES string of the molecule is O=CC1(CCl)CCCOCC1. The van der Waals surface area contributed by atoms with Crippen molar-refractivity contribution in [3.05, 3.63) is 0 Å². The van der Waals surface area contributed by atoms with Crippen molar-refractivity contribution in [3.63, 3.8) is 0 Å². The molecular formula is C8H13ClO2. The second-order valence-corrected chi connectivity index (χ2v) is 3.35. The number of alkyl halides is 1. The third kappa shape index (κ3) is 2.17. The highest BCUT2D eigenvalue weighted by Gasteiger charge is 2.29. The van der Waals surface area contributed by atoms with Crippen molar-refractivity contribution in [2.75, 3.05) is 19.1 Å². The molecule has 0 amide bonds. The molecule has 1 aliphatic rings. The smallest absolute Gasteiger partial charge is 0.127 e. The summed E-state index contributed by atoms with van der Waals surface area (Å²) in [6, 6.07) is 0. The summed E-state index contributed by atoms with van der Waals surface area (Å²) >= 11 is 5.72. The van der Waals surface area contributed by atoms with E-state index in [1.807, 2.05) is 0 Å². The van der Waals surface area contributed by atoms with Gasteiger partial charge in [0.2, 0.25) is 0 Å². The molecule has 0 aromatic carbocycles. The van der Waals surface area contributed by atoms with Crippen molar-refractivity contribution in [2.24, 2.45) is 5.41 Å². The predicted molar refractivity (Wildman–Crippen MR) is 43.9 cm³/mol. The van der Waals surface area contributed by atoms with Crippen molar-refractivity contribution in [1.82, 2.24) is 0 Å². The molecular weight excluding hydrogens is 164 g/mol. The highest BCUT2D eigenvalue weighted by Crippen LogP contribution is 2.29. The molecule has 0 radical (unpaired) electrons. The van der Waals surface area contributed by atoms with E-state index in [0.717, 1.165) is 32.2 Å². The van der Waals surface area contributed by atoms with Gasteiger partial charge in [0.1, 0.15) is 6.29 Å². The standard InChI is InChI=1S/C8H13ClO2/c9-6-8(7-10)2-1-4-11-5-3-8/h7H,1-6H2. The van der Waals surface area contributed by atoms with Crippen molar-refractivity contribution in [3.8, 4) is 0 Å². The summed E-state index contributed by atoms with van der Waals surface area (Å²) in [6.07, 6.45) is 3.60. The van der Waals surface area contributed by atoms with Gasteiger partial charge in [0.25, 0.3) is 0 Å². The molecule has 1 aliphatic heterocycles. The Hall–Kier alpha value is -0.0800. The van der Waals surface area contributed by atoms with E-state index in [4.69, 9.17) is 16.3 Å². The normalized spacial score (nSPS) is 32.8. The lowest BCUT2D eigenvalue weighted by atomic mass is 9.84. The topological polar surface area (TPSA) is 26.3 Å². The zero-order valence-corrected chi connectivity index (χ0v) is 7.27. The van der Waals surface area contributed by atoms with Crippen molar-refractivity contribution >= 4 is 17.9 Å². The van der Waals surface area contributed by atoms with Crippen LogP contribution < -0.4 is 0 Å². The van der Waals surface area contributed by atoms with E-state index in [9.17, 15) is 4.79 Å². The Labute approximate surface area is 71.9 Å². The highest BCUT2D eigenvalue weighted by atomic mass is 35.5. The number of hydrogen-bond acceptors (Lipinski definition) is 2. The quantitative estimate of drug-likeness (QED) is 0.472. The van der Waals surface area contributed by atoms with E-state index in [1.54, 1.807) is 0 Å². The third-order valence-corrected chi connectivity index (χ3v) is 2.76.